The van der Waals surface area contributed by atoms with Crippen LogP contribution in [-0.4, -0.2) is 27.4 Å². The molecule has 1 amide bonds. The van der Waals surface area contributed by atoms with Crippen LogP contribution in [0.5, 0.6) is 0 Å². The highest BCUT2D eigenvalue weighted by Crippen LogP contribution is 2.22. The predicted octanol–water partition coefficient (Wildman–Crippen LogP) is 2.34. The number of nitrogens with zero attached hydrogens (tertiary/aromatic N) is 1. The highest BCUT2D eigenvalue weighted by atomic mass is 35.5. The zero-order chi connectivity index (χ0) is 17.9. The average molecular weight is 396 g/mol. The predicted molar refractivity (Wildman–Crippen MR) is 105 cm³/mol. The molecule has 6 nitrogen and oxygen atoms in total. The SMILES string of the molecule is Cl.Nc1ccc(CCNS(=O)(=O)c2ccc(N3CCCC3=O)cc2)cc1. The summed E-state index contributed by atoms with van der Waals surface area (Å²) in [4.78, 5) is 13.6. The van der Waals surface area contributed by atoms with Crippen molar-refractivity contribution in [3.63, 3.8) is 0 Å². The molecule has 1 heterocycles. The van der Waals surface area contributed by atoms with Crippen molar-refractivity contribution in [3.05, 3.63) is 54.1 Å². The lowest BCUT2D eigenvalue weighted by Gasteiger charge is -2.16. The zero-order valence-electron chi connectivity index (χ0n) is 14.2. The molecule has 1 saturated heterocycles. The zero-order valence-corrected chi connectivity index (χ0v) is 15.9. The third kappa shape index (κ3) is 4.75. The molecule has 8 heteroatoms. The first-order chi connectivity index (χ1) is 12.0. The summed E-state index contributed by atoms with van der Waals surface area (Å²) >= 11 is 0. The number of sulfonamides is 1. The Morgan fingerprint density at radius 2 is 1.69 bits per heavy atom. The van der Waals surface area contributed by atoms with Crippen LogP contribution in [0.25, 0.3) is 0 Å². The number of rotatable bonds is 6. The second-order valence-electron chi connectivity index (χ2n) is 6.03. The number of nitrogen functional groups attached to an aromatic ring is 1. The molecule has 0 radical (unpaired) electrons. The molecule has 0 spiro atoms. The van der Waals surface area contributed by atoms with Gasteiger partial charge in [0.2, 0.25) is 15.9 Å². The lowest BCUT2D eigenvalue weighted by Crippen LogP contribution is -2.26. The van der Waals surface area contributed by atoms with Gasteiger partial charge in [-0.2, -0.15) is 0 Å². The van der Waals surface area contributed by atoms with Crippen molar-refractivity contribution in [2.45, 2.75) is 24.2 Å². The third-order valence-corrected chi connectivity index (χ3v) is 5.69. The quantitative estimate of drug-likeness (QED) is 0.734. The number of hydrogen-bond acceptors (Lipinski definition) is 4. The van der Waals surface area contributed by atoms with Gasteiger partial charge in [0.15, 0.2) is 0 Å². The molecule has 26 heavy (non-hydrogen) atoms. The van der Waals surface area contributed by atoms with Crippen molar-refractivity contribution in [2.24, 2.45) is 0 Å². The summed E-state index contributed by atoms with van der Waals surface area (Å²) < 4.78 is 27.3. The summed E-state index contributed by atoms with van der Waals surface area (Å²) in [6.07, 6.45) is 1.97. The topological polar surface area (TPSA) is 92.5 Å². The fourth-order valence-electron chi connectivity index (χ4n) is 2.82. The van der Waals surface area contributed by atoms with E-state index < -0.39 is 10.0 Å². The summed E-state index contributed by atoms with van der Waals surface area (Å²) in [6.45, 7) is 0.989. The van der Waals surface area contributed by atoms with Crippen LogP contribution in [0.2, 0.25) is 0 Å². The Labute approximate surface area is 159 Å². The van der Waals surface area contributed by atoms with Gasteiger partial charge in [-0.25, -0.2) is 13.1 Å². The largest absolute Gasteiger partial charge is 0.399 e. The monoisotopic (exact) mass is 395 g/mol. The molecule has 3 N–H and O–H groups in total. The minimum Gasteiger partial charge on any atom is -0.399 e. The maximum absolute atomic E-state index is 12.4. The Morgan fingerprint density at radius 1 is 1.04 bits per heavy atom. The normalized spacial score (nSPS) is 14.3. The second-order valence-corrected chi connectivity index (χ2v) is 7.80. The Morgan fingerprint density at radius 3 is 2.27 bits per heavy atom. The minimum absolute atomic E-state index is 0. The van der Waals surface area contributed by atoms with Crippen LogP contribution in [0.1, 0.15) is 18.4 Å². The fraction of sp³-hybridized carbons (Fsp3) is 0.278. The lowest BCUT2D eigenvalue weighted by atomic mass is 10.1. The summed E-state index contributed by atoms with van der Waals surface area (Å²) in [5.41, 5.74) is 8.06. The van der Waals surface area contributed by atoms with Crippen molar-refractivity contribution in [1.29, 1.82) is 0 Å². The van der Waals surface area contributed by atoms with E-state index in [4.69, 9.17) is 5.73 Å². The molecule has 0 saturated carbocycles. The number of halogens is 1. The van der Waals surface area contributed by atoms with E-state index in [9.17, 15) is 13.2 Å². The van der Waals surface area contributed by atoms with E-state index in [0.717, 1.165) is 17.7 Å². The summed E-state index contributed by atoms with van der Waals surface area (Å²) in [6, 6.07) is 13.8. The second kappa shape index (κ2) is 8.53. The van der Waals surface area contributed by atoms with Crippen molar-refractivity contribution in [3.8, 4) is 0 Å². The van der Waals surface area contributed by atoms with Crippen LogP contribution in [-0.2, 0) is 21.2 Å². The number of benzene rings is 2. The Hall–Kier alpha value is -2.09. The van der Waals surface area contributed by atoms with E-state index in [2.05, 4.69) is 4.72 Å². The molecule has 0 aliphatic carbocycles. The van der Waals surface area contributed by atoms with Crippen molar-refractivity contribution in [2.75, 3.05) is 23.7 Å². The first-order valence-corrected chi connectivity index (χ1v) is 9.68. The van der Waals surface area contributed by atoms with Crippen LogP contribution in [0, 0.1) is 0 Å². The van der Waals surface area contributed by atoms with Gasteiger partial charge < -0.3 is 10.6 Å². The number of nitrogens with one attached hydrogen (secondary N) is 1. The number of carbonyl (C=O) groups is 1. The lowest BCUT2D eigenvalue weighted by molar-refractivity contribution is -0.117. The molecule has 0 bridgehead atoms. The number of carbonyl (C=O) groups excluding carboxylic acids is 1. The van der Waals surface area contributed by atoms with Crippen molar-refractivity contribution in [1.82, 2.24) is 4.72 Å². The minimum atomic E-state index is -3.57. The summed E-state index contributed by atoms with van der Waals surface area (Å²) in [5, 5.41) is 0. The molecule has 3 rings (SSSR count). The Bertz CT molecular complexity index is 852. The van der Waals surface area contributed by atoms with Gasteiger partial charge in [0.1, 0.15) is 0 Å². The third-order valence-electron chi connectivity index (χ3n) is 4.22. The maximum Gasteiger partial charge on any atom is 0.240 e. The molecule has 0 atom stereocenters. The first kappa shape index (κ1) is 20.2. The van der Waals surface area contributed by atoms with E-state index >= 15 is 0 Å². The summed E-state index contributed by atoms with van der Waals surface area (Å²) in [7, 11) is -3.57. The maximum atomic E-state index is 12.4. The first-order valence-electron chi connectivity index (χ1n) is 8.20. The smallest absolute Gasteiger partial charge is 0.240 e. The van der Waals surface area contributed by atoms with E-state index in [-0.39, 0.29) is 23.2 Å². The fourth-order valence-corrected chi connectivity index (χ4v) is 3.86. The molecule has 1 aliphatic rings. The van der Waals surface area contributed by atoms with Crippen LogP contribution in [0.15, 0.2) is 53.4 Å². The molecule has 2 aromatic carbocycles. The van der Waals surface area contributed by atoms with Gasteiger partial charge in [-0.3, -0.25) is 4.79 Å². The molecular formula is C18H22ClN3O3S. The number of anilines is 2. The van der Waals surface area contributed by atoms with Crippen LogP contribution in [0.3, 0.4) is 0 Å². The van der Waals surface area contributed by atoms with Gasteiger partial charge in [0, 0.05) is 30.9 Å². The van der Waals surface area contributed by atoms with E-state index in [1.54, 1.807) is 29.2 Å². The van der Waals surface area contributed by atoms with Crippen molar-refractivity contribution < 1.29 is 13.2 Å². The molecular weight excluding hydrogens is 374 g/mol. The molecule has 140 valence electrons. The average Bonchev–Trinajstić information content (AvgIpc) is 3.03. The molecule has 1 fully saturated rings. The summed E-state index contributed by atoms with van der Waals surface area (Å²) in [5.74, 6) is 0.0808. The van der Waals surface area contributed by atoms with Gasteiger partial charge >= 0.3 is 0 Å². The highest BCUT2D eigenvalue weighted by molar-refractivity contribution is 7.89. The van der Waals surface area contributed by atoms with Crippen LogP contribution < -0.4 is 15.4 Å². The van der Waals surface area contributed by atoms with Gasteiger partial charge in [0.05, 0.1) is 4.90 Å². The van der Waals surface area contributed by atoms with Crippen LogP contribution >= 0.6 is 12.4 Å². The van der Waals surface area contributed by atoms with Crippen molar-refractivity contribution >= 4 is 39.7 Å². The molecule has 0 unspecified atom stereocenters. The van der Waals surface area contributed by atoms with E-state index in [1.807, 2.05) is 12.1 Å². The van der Waals surface area contributed by atoms with Gasteiger partial charge in [-0.1, -0.05) is 12.1 Å². The van der Waals surface area contributed by atoms with E-state index in [0.29, 0.717) is 31.6 Å². The van der Waals surface area contributed by atoms with Gasteiger partial charge in [-0.05, 0) is 54.8 Å². The highest BCUT2D eigenvalue weighted by Gasteiger charge is 2.22. The number of amides is 1. The molecule has 2 aromatic rings. The van der Waals surface area contributed by atoms with Crippen LogP contribution in [0.4, 0.5) is 11.4 Å². The number of nitrogens with two attached hydrogens (primary N) is 1. The Kier molecular flexibility index (Phi) is 6.63. The molecule has 1 aliphatic heterocycles. The van der Waals surface area contributed by atoms with E-state index in [1.165, 1.54) is 12.1 Å². The van der Waals surface area contributed by atoms with Gasteiger partial charge in [-0.15, -0.1) is 12.4 Å². The standard InChI is InChI=1S/C18H21N3O3S.ClH/c19-15-5-3-14(4-6-15)11-12-20-25(23,24)17-9-7-16(8-10-17)21-13-1-2-18(21)22;/h3-10,20H,1-2,11-13,19H2;1H. The Balaban J connectivity index is 0.00000243. The number of hydrogen-bond donors (Lipinski definition) is 2. The molecule has 0 aromatic heterocycles. The van der Waals surface area contributed by atoms with Gasteiger partial charge in [0.25, 0.3) is 0 Å².